The molecule has 0 aliphatic carbocycles. The highest BCUT2D eigenvalue weighted by Crippen LogP contribution is 2.24. The number of amides is 2. The van der Waals surface area contributed by atoms with Gasteiger partial charge in [-0.05, 0) is 11.6 Å². The van der Waals surface area contributed by atoms with Crippen molar-refractivity contribution in [2.75, 3.05) is 19.3 Å². The normalized spacial score (nSPS) is 11.7. The van der Waals surface area contributed by atoms with Crippen molar-refractivity contribution < 1.29 is 33.0 Å². The number of pyridine rings is 1. The highest BCUT2D eigenvalue weighted by molar-refractivity contribution is 7.13. The Hall–Kier alpha value is -4.85. The van der Waals surface area contributed by atoms with Gasteiger partial charge in [0.1, 0.15) is 24.0 Å². The molecule has 5 N–H and O–H groups in total. The minimum absolute atomic E-state index is 0.104. The highest BCUT2D eigenvalue weighted by Gasteiger charge is 2.27. The topological polar surface area (TPSA) is 168 Å². The van der Waals surface area contributed by atoms with Crippen molar-refractivity contribution in [2.24, 2.45) is 0 Å². The first-order valence-corrected chi connectivity index (χ1v) is 12.6. The number of benzene rings is 2. The molecule has 0 saturated carbocycles. The molecule has 2 heterocycles. The van der Waals surface area contributed by atoms with Gasteiger partial charge in [-0.25, -0.2) is 23.4 Å². The Bertz CT molecular complexity index is 1640. The fourth-order valence-corrected chi connectivity index (χ4v) is 4.46. The number of anilines is 1. The van der Waals surface area contributed by atoms with Gasteiger partial charge in [-0.3, -0.25) is 9.59 Å². The van der Waals surface area contributed by atoms with Crippen LogP contribution in [0.5, 0.6) is 0 Å². The summed E-state index contributed by atoms with van der Waals surface area (Å²) < 4.78 is 35.0. The molecule has 0 radical (unpaired) electrons. The van der Waals surface area contributed by atoms with Gasteiger partial charge in [-0.15, -0.1) is 11.3 Å². The van der Waals surface area contributed by atoms with Gasteiger partial charge in [0.2, 0.25) is 5.43 Å². The molecule has 2 aromatic heterocycles. The number of nitrogens with one attached hydrogen (secondary N) is 2. The number of hydrogen-bond donors (Lipinski definition) is 4. The van der Waals surface area contributed by atoms with Crippen molar-refractivity contribution in [3.05, 3.63) is 92.2 Å². The zero-order valence-corrected chi connectivity index (χ0v) is 21.8. The maximum Gasteiger partial charge on any atom is 0.408 e. The van der Waals surface area contributed by atoms with Crippen LogP contribution in [0, 0.1) is 11.6 Å². The number of aromatic nitrogens is 2. The number of hydrogen-bond acceptors (Lipinski definition) is 8. The predicted octanol–water partition coefficient (Wildman–Crippen LogP) is 2.89. The van der Waals surface area contributed by atoms with Crippen LogP contribution >= 0.6 is 11.3 Å². The summed E-state index contributed by atoms with van der Waals surface area (Å²) in [5, 5.41) is 13.1. The largest absolute Gasteiger partial charge is 0.480 e. The van der Waals surface area contributed by atoms with Crippen LogP contribution in [-0.2, 0) is 22.6 Å². The van der Waals surface area contributed by atoms with Gasteiger partial charge in [0.25, 0.3) is 5.91 Å². The predicted molar refractivity (Wildman–Crippen MR) is 142 cm³/mol. The van der Waals surface area contributed by atoms with E-state index in [0.29, 0.717) is 11.3 Å². The number of alkyl carbamates (subject to hydrolysis) is 1. The van der Waals surface area contributed by atoms with E-state index in [2.05, 4.69) is 15.3 Å². The van der Waals surface area contributed by atoms with Crippen LogP contribution in [0.2, 0.25) is 0 Å². The molecule has 40 heavy (non-hydrogen) atoms. The summed E-state index contributed by atoms with van der Waals surface area (Å²) in [4.78, 5) is 57.3. The molecule has 0 saturated heterocycles. The van der Waals surface area contributed by atoms with E-state index >= 15 is 4.39 Å². The lowest BCUT2D eigenvalue weighted by Gasteiger charge is -2.22. The summed E-state index contributed by atoms with van der Waals surface area (Å²) in [6.07, 6.45) is -0.265. The number of aromatic amines is 1. The molecule has 4 aromatic rings. The van der Waals surface area contributed by atoms with Crippen LogP contribution in [0.25, 0.3) is 10.9 Å². The lowest BCUT2D eigenvalue weighted by molar-refractivity contribution is -0.139. The molecule has 0 aliphatic heterocycles. The quantitative estimate of drug-likeness (QED) is 0.238. The number of ether oxygens (including phenoxy) is 1. The Labute approximate surface area is 229 Å². The lowest BCUT2D eigenvalue weighted by Crippen LogP contribution is -2.49. The van der Waals surface area contributed by atoms with Crippen molar-refractivity contribution in [1.29, 1.82) is 0 Å². The van der Waals surface area contributed by atoms with Crippen molar-refractivity contribution in [3.8, 4) is 0 Å². The Morgan fingerprint density at radius 1 is 1.25 bits per heavy atom. The summed E-state index contributed by atoms with van der Waals surface area (Å²) in [5.41, 5.74) is 4.51. The zero-order chi connectivity index (χ0) is 29.0. The molecule has 2 amide bonds. The Morgan fingerprint density at radius 2 is 1.98 bits per heavy atom. The van der Waals surface area contributed by atoms with Gasteiger partial charge in [0.05, 0.1) is 23.1 Å². The molecular formula is C26H23F2N5O6S. The number of fused-ring (bicyclic) bond motifs is 1. The first-order chi connectivity index (χ1) is 19.0. The number of carbonyl (C=O) groups is 3. The SMILES string of the molecule is CN(CC(NC(=O)OCc1ccccc1)C(=O)O)C(=O)c1c[nH]c2c(F)c(Cc3csc(N)n3)c(F)cc2c1=O. The van der Waals surface area contributed by atoms with Gasteiger partial charge >= 0.3 is 12.1 Å². The number of nitrogen functional groups attached to an aromatic ring is 1. The molecule has 208 valence electrons. The van der Waals surface area contributed by atoms with E-state index in [1.807, 2.05) is 0 Å². The van der Waals surface area contributed by atoms with Gasteiger partial charge < -0.3 is 30.8 Å². The average molecular weight is 572 g/mol. The minimum atomic E-state index is -1.58. The first-order valence-electron chi connectivity index (χ1n) is 11.7. The maximum atomic E-state index is 15.2. The smallest absolute Gasteiger partial charge is 0.408 e. The van der Waals surface area contributed by atoms with Crippen LogP contribution in [0.1, 0.15) is 27.2 Å². The van der Waals surface area contributed by atoms with Crippen molar-refractivity contribution in [2.45, 2.75) is 19.1 Å². The molecule has 11 nitrogen and oxygen atoms in total. The standard InChI is InChI=1S/C26H23F2N5O6S/c1-33(10-19(24(36)37)32-26(38)39-11-13-5-3-2-4-6-13)23(35)17-9-30-21-16(22(17)34)8-18(27)15(20(21)28)7-14-12-40-25(29)31-14/h2-6,8-9,12,19H,7,10-11H2,1H3,(H2,29,31)(H,30,34)(H,32,38)(H,36,37). The van der Waals surface area contributed by atoms with Crippen molar-refractivity contribution in [1.82, 2.24) is 20.2 Å². The van der Waals surface area contributed by atoms with E-state index in [1.165, 1.54) is 7.05 Å². The lowest BCUT2D eigenvalue weighted by atomic mass is 10.0. The Kier molecular flexibility index (Phi) is 8.38. The number of rotatable bonds is 9. The fourth-order valence-electron chi connectivity index (χ4n) is 3.90. The molecule has 14 heteroatoms. The summed E-state index contributed by atoms with van der Waals surface area (Å²) in [6.45, 7) is -0.641. The molecule has 1 unspecified atom stereocenters. The number of thiazole rings is 1. The number of halogens is 2. The van der Waals surface area contributed by atoms with Gasteiger partial charge in [0, 0.05) is 30.6 Å². The molecule has 0 fully saturated rings. The van der Waals surface area contributed by atoms with E-state index < -0.39 is 58.6 Å². The van der Waals surface area contributed by atoms with E-state index in [9.17, 15) is 28.7 Å². The number of H-pyrrole nitrogens is 1. The average Bonchev–Trinajstić information content (AvgIpc) is 3.34. The molecule has 0 bridgehead atoms. The van der Waals surface area contributed by atoms with E-state index in [0.717, 1.165) is 28.5 Å². The monoisotopic (exact) mass is 571 g/mol. The van der Waals surface area contributed by atoms with Crippen LogP contribution < -0.4 is 16.5 Å². The Balaban J connectivity index is 1.50. The zero-order valence-electron chi connectivity index (χ0n) is 20.9. The third-order valence-electron chi connectivity index (χ3n) is 5.93. The van der Waals surface area contributed by atoms with Crippen LogP contribution in [0.15, 0.2) is 52.8 Å². The molecule has 2 aromatic carbocycles. The number of nitrogens with zero attached hydrogens (tertiary/aromatic N) is 2. The molecule has 0 spiro atoms. The molecule has 0 aliphatic rings. The summed E-state index contributed by atoms with van der Waals surface area (Å²) >= 11 is 1.11. The summed E-state index contributed by atoms with van der Waals surface area (Å²) in [6, 6.07) is 7.94. The van der Waals surface area contributed by atoms with E-state index in [4.69, 9.17) is 10.5 Å². The van der Waals surface area contributed by atoms with Crippen molar-refractivity contribution in [3.63, 3.8) is 0 Å². The second-order valence-electron chi connectivity index (χ2n) is 8.74. The Morgan fingerprint density at radius 3 is 2.62 bits per heavy atom. The molecular weight excluding hydrogens is 548 g/mol. The van der Waals surface area contributed by atoms with E-state index in [-0.39, 0.29) is 29.2 Å². The summed E-state index contributed by atoms with van der Waals surface area (Å²) in [5.74, 6) is -4.42. The number of aliphatic carboxylic acids is 1. The fraction of sp³-hybridized carbons (Fsp3) is 0.192. The van der Waals surface area contributed by atoms with Crippen LogP contribution in [0.4, 0.5) is 18.7 Å². The van der Waals surface area contributed by atoms with Crippen LogP contribution in [-0.4, -0.2) is 57.6 Å². The second kappa shape index (κ2) is 11.9. The maximum absolute atomic E-state index is 15.2. The second-order valence-corrected chi connectivity index (χ2v) is 9.63. The number of carboxylic acids is 1. The first kappa shape index (κ1) is 28.2. The third kappa shape index (κ3) is 6.23. The summed E-state index contributed by atoms with van der Waals surface area (Å²) in [7, 11) is 1.21. The number of likely N-dealkylation sites (N-methyl/N-ethyl adjacent to an activating group) is 1. The van der Waals surface area contributed by atoms with Gasteiger partial charge in [0.15, 0.2) is 10.9 Å². The number of nitrogens with two attached hydrogens (primary N) is 1. The number of carbonyl (C=O) groups excluding carboxylic acids is 2. The molecule has 1 atom stereocenters. The minimum Gasteiger partial charge on any atom is -0.480 e. The number of carboxylic acid groups (broad SMARTS) is 1. The molecule has 4 rings (SSSR count). The third-order valence-corrected chi connectivity index (χ3v) is 6.65. The van der Waals surface area contributed by atoms with Crippen LogP contribution in [0.3, 0.4) is 0 Å². The highest BCUT2D eigenvalue weighted by atomic mass is 32.1. The van der Waals surface area contributed by atoms with E-state index in [1.54, 1.807) is 35.7 Å². The van der Waals surface area contributed by atoms with Gasteiger partial charge in [-0.1, -0.05) is 30.3 Å². The van der Waals surface area contributed by atoms with Gasteiger partial charge in [-0.2, -0.15) is 0 Å². The van der Waals surface area contributed by atoms with Crippen molar-refractivity contribution >= 4 is 45.3 Å².